The first-order valence-corrected chi connectivity index (χ1v) is 9.36. The molecule has 0 unspecified atom stereocenters. The first-order valence-electron chi connectivity index (χ1n) is 8.55. The Labute approximate surface area is 151 Å². The van der Waals surface area contributed by atoms with Crippen LogP contribution in [0.25, 0.3) is 21.3 Å². The average molecular weight is 351 g/mol. The standard InChI is InChI=1S/C19H21N5S/c1-13(12-24-7-3-4-8-24)21-18-10-17-9-15(5-6-16(17)11-20-18)19-23-22-14(2)25-19/h5-6,9-11H,1,3-4,7-8,12H2,2H3,(H,20,21). The van der Waals surface area contributed by atoms with Crippen molar-refractivity contribution in [2.24, 2.45) is 0 Å². The van der Waals surface area contributed by atoms with Crippen LogP contribution in [0.1, 0.15) is 17.8 Å². The van der Waals surface area contributed by atoms with E-state index < -0.39 is 0 Å². The molecule has 0 spiro atoms. The average Bonchev–Trinajstić information content (AvgIpc) is 3.26. The predicted molar refractivity (Wildman–Crippen MR) is 104 cm³/mol. The van der Waals surface area contributed by atoms with E-state index in [1.807, 2.05) is 13.1 Å². The number of hydrogen-bond donors (Lipinski definition) is 1. The van der Waals surface area contributed by atoms with Crippen molar-refractivity contribution in [1.82, 2.24) is 20.1 Å². The highest BCUT2D eigenvalue weighted by Crippen LogP contribution is 2.27. The fourth-order valence-electron chi connectivity index (χ4n) is 3.19. The number of rotatable bonds is 5. The minimum Gasteiger partial charge on any atom is -0.343 e. The van der Waals surface area contributed by atoms with Crippen LogP contribution in [0.2, 0.25) is 0 Å². The monoisotopic (exact) mass is 351 g/mol. The molecule has 1 aliphatic heterocycles. The summed E-state index contributed by atoms with van der Waals surface area (Å²) in [5.74, 6) is 0.835. The van der Waals surface area contributed by atoms with Gasteiger partial charge in [0, 0.05) is 29.4 Å². The van der Waals surface area contributed by atoms with E-state index in [2.05, 4.69) is 56.2 Å². The molecule has 0 radical (unpaired) electrons. The maximum atomic E-state index is 4.51. The molecule has 0 atom stereocenters. The van der Waals surface area contributed by atoms with Crippen LogP contribution >= 0.6 is 11.3 Å². The lowest BCUT2D eigenvalue weighted by atomic mass is 10.1. The quantitative estimate of drug-likeness (QED) is 0.750. The second-order valence-electron chi connectivity index (χ2n) is 6.47. The number of nitrogens with zero attached hydrogens (tertiary/aromatic N) is 4. The van der Waals surface area contributed by atoms with Gasteiger partial charge in [-0.15, -0.1) is 10.2 Å². The van der Waals surface area contributed by atoms with E-state index in [1.165, 1.54) is 12.8 Å². The molecular formula is C19H21N5S. The summed E-state index contributed by atoms with van der Waals surface area (Å²) >= 11 is 1.61. The molecule has 0 amide bonds. The van der Waals surface area contributed by atoms with E-state index in [-0.39, 0.29) is 0 Å². The maximum absolute atomic E-state index is 4.51. The maximum Gasteiger partial charge on any atom is 0.147 e. The van der Waals surface area contributed by atoms with Gasteiger partial charge in [-0.05, 0) is 50.4 Å². The lowest BCUT2D eigenvalue weighted by molar-refractivity contribution is 0.370. The van der Waals surface area contributed by atoms with Crippen LogP contribution in [0.5, 0.6) is 0 Å². The van der Waals surface area contributed by atoms with Crippen molar-refractivity contribution >= 4 is 27.9 Å². The topological polar surface area (TPSA) is 53.9 Å². The molecule has 5 nitrogen and oxygen atoms in total. The molecule has 25 heavy (non-hydrogen) atoms. The Balaban J connectivity index is 1.54. The van der Waals surface area contributed by atoms with Crippen molar-refractivity contribution in [1.29, 1.82) is 0 Å². The van der Waals surface area contributed by atoms with Crippen molar-refractivity contribution in [3.63, 3.8) is 0 Å². The van der Waals surface area contributed by atoms with Crippen LogP contribution in [0.3, 0.4) is 0 Å². The van der Waals surface area contributed by atoms with Gasteiger partial charge < -0.3 is 5.32 Å². The largest absolute Gasteiger partial charge is 0.343 e. The molecule has 0 aliphatic carbocycles. The zero-order chi connectivity index (χ0) is 17.2. The van der Waals surface area contributed by atoms with Crippen LogP contribution in [0.4, 0.5) is 5.82 Å². The summed E-state index contributed by atoms with van der Waals surface area (Å²) in [6.45, 7) is 9.33. The van der Waals surface area contributed by atoms with Crippen LogP contribution in [0, 0.1) is 6.92 Å². The number of benzene rings is 1. The van der Waals surface area contributed by atoms with Gasteiger partial charge in [-0.2, -0.15) is 0 Å². The van der Waals surface area contributed by atoms with Crippen LogP contribution in [0.15, 0.2) is 42.7 Å². The lowest BCUT2D eigenvalue weighted by Gasteiger charge is -2.17. The number of hydrogen-bond acceptors (Lipinski definition) is 6. The van der Waals surface area contributed by atoms with E-state index in [0.717, 1.165) is 57.5 Å². The van der Waals surface area contributed by atoms with Crippen molar-refractivity contribution < 1.29 is 0 Å². The minimum absolute atomic E-state index is 0.835. The van der Waals surface area contributed by atoms with Crippen LogP contribution in [-0.2, 0) is 0 Å². The zero-order valence-electron chi connectivity index (χ0n) is 14.3. The van der Waals surface area contributed by atoms with Crippen LogP contribution in [-0.4, -0.2) is 39.7 Å². The summed E-state index contributed by atoms with van der Waals surface area (Å²) in [7, 11) is 0. The highest BCUT2D eigenvalue weighted by Gasteiger charge is 2.12. The highest BCUT2D eigenvalue weighted by atomic mass is 32.1. The Kier molecular flexibility index (Phi) is 4.46. The van der Waals surface area contributed by atoms with Gasteiger partial charge in [-0.1, -0.05) is 30.0 Å². The summed E-state index contributed by atoms with van der Waals surface area (Å²) in [6.07, 6.45) is 4.47. The number of nitrogens with one attached hydrogen (secondary N) is 1. The van der Waals surface area contributed by atoms with Gasteiger partial charge >= 0.3 is 0 Å². The fourth-order valence-corrected chi connectivity index (χ4v) is 3.87. The third kappa shape index (κ3) is 3.70. The van der Waals surface area contributed by atoms with Crippen molar-refractivity contribution in [3.05, 3.63) is 47.7 Å². The highest BCUT2D eigenvalue weighted by molar-refractivity contribution is 7.14. The molecule has 2 aromatic heterocycles. The second kappa shape index (κ2) is 6.90. The Morgan fingerprint density at radius 1 is 1.20 bits per heavy atom. The molecule has 6 heteroatoms. The molecule has 1 saturated heterocycles. The summed E-state index contributed by atoms with van der Waals surface area (Å²) in [4.78, 5) is 6.94. The van der Waals surface area contributed by atoms with Crippen molar-refractivity contribution in [2.75, 3.05) is 25.0 Å². The van der Waals surface area contributed by atoms with Gasteiger partial charge in [0.2, 0.25) is 0 Å². The number of likely N-dealkylation sites (tertiary alicyclic amines) is 1. The van der Waals surface area contributed by atoms with Gasteiger partial charge in [0.05, 0.1) is 0 Å². The fraction of sp³-hybridized carbons (Fsp3) is 0.316. The number of aryl methyl sites for hydroxylation is 1. The Morgan fingerprint density at radius 3 is 2.80 bits per heavy atom. The number of fused-ring (bicyclic) bond motifs is 1. The van der Waals surface area contributed by atoms with E-state index in [9.17, 15) is 0 Å². The van der Waals surface area contributed by atoms with Gasteiger partial charge in [0.1, 0.15) is 15.8 Å². The normalized spacial score (nSPS) is 14.9. The molecule has 1 aromatic carbocycles. The van der Waals surface area contributed by atoms with Gasteiger partial charge in [0.15, 0.2) is 0 Å². The molecule has 0 saturated carbocycles. The molecule has 3 heterocycles. The lowest BCUT2D eigenvalue weighted by Crippen LogP contribution is -2.24. The predicted octanol–water partition coefficient (Wildman–Crippen LogP) is 4.08. The van der Waals surface area contributed by atoms with E-state index in [0.29, 0.717) is 0 Å². The molecule has 4 rings (SSSR count). The number of pyridine rings is 1. The van der Waals surface area contributed by atoms with E-state index in [4.69, 9.17) is 0 Å². The Bertz CT molecular complexity index is 911. The van der Waals surface area contributed by atoms with Gasteiger partial charge in [-0.25, -0.2) is 4.98 Å². The van der Waals surface area contributed by atoms with Crippen molar-refractivity contribution in [2.45, 2.75) is 19.8 Å². The second-order valence-corrected chi connectivity index (χ2v) is 7.65. The number of aromatic nitrogens is 3. The Hall–Kier alpha value is -2.31. The molecular weight excluding hydrogens is 330 g/mol. The molecule has 128 valence electrons. The zero-order valence-corrected chi connectivity index (χ0v) is 15.1. The van der Waals surface area contributed by atoms with E-state index >= 15 is 0 Å². The van der Waals surface area contributed by atoms with E-state index in [1.54, 1.807) is 11.3 Å². The smallest absolute Gasteiger partial charge is 0.147 e. The molecule has 1 fully saturated rings. The number of anilines is 1. The summed E-state index contributed by atoms with van der Waals surface area (Å²) in [5, 5.41) is 15.9. The van der Waals surface area contributed by atoms with Crippen LogP contribution < -0.4 is 5.32 Å². The first-order chi connectivity index (χ1) is 12.2. The van der Waals surface area contributed by atoms with Crippen molar-refractivity contribution in [3.8, 4) is 10.6 Å². The Morgan fingerprint density at radius 2 is 2.04 bits per heavy atom. The van der Waals surface area contributed by atoms with Gasteiger partial charge in [-0.3, -0.25) is 4.90 Å². The summed E-state index contributed by atoms with van der Waals surface area (Å²) < 4.78 is 0. The SMILES string of the molecule is C=C(CN1CCCC1)Nc1cc2cc(-c3nnc(C)s3)ccc2cn1. The molecule has 1 N–H and O–H groups in total. The molecule has 0 bridgehead atoms. The first kappa shape index (κ1) is 16.2. The minimum atomic E-state index is 0.835. The third-order valence-electron chi connectivity index (χ3n) is 4.41. The molecule has 1 aliphatic rings. The summed E-state index contributed by atoms with van der Waals surface area (Å²) in [5.41, 5.74) is 2.08. The summed E-state index contributed by atoms with van der Waals surface area (Å²) in [6, 6.07) is 8.37. The molecule has 3 aromatic rings. The van der Waals surface area contributed by atoms with Gasteiger partial charge in [0.25, 0.3) is 0 Å². The third-order valence-corrected chi connectivity index (χ3v) is 5.30.